The number of rotatable bonds is 2. The third-order valence-corrected chi connectivity index (χ3v) is 2.72. The smallest absolute Gasteiger partial charge is 0.344 e. The first-order valence-corrected chi connectivity index (χ1v) is 5.54. The van der Waals surface area contributed by atoms with E-state index >= 15 is 0 Å². The van der Waals surface area contributed by atoms with Gasteiger partial charge in [0.05, 0.1) is 12.1 Å². The Morgan fingerprint density at radius 1 is 1.44 bits per heavy atom. The number of aryl methyl sites for hydroxylation is 1. The lowest BCUT2D eigenvalue weighted by Gasteiger charge is -2.08. The fourth-order valence-corrected chi connectivity index (χ4v) is 1.94. The van der Waals surface area contributed by atoms with Crippen LogP contribution in [0.3, 0.4) is 0 Å². The molecule has 1 aromatic heterocycles. The Morgan fingerprint density at radius 2 is 2.17 bits per heavy atom. The summed E-state index contributed by atoms with van der Waals surface area (Å²) in [6, 6.07) is 4.36. The van der Waals surface area contributed by atoms with Crippen molar-refractivity contribution in [2.75, 3.05) is 6.61 Å². The second-order valence-electron chi connectivity index (χ2n) is 3.84. The number of ether oxygens (including phenoxy) is 1. The molecule has 2 rings (SSSR count). The second kappa shape index (κ2) is 4.60. The van der Waals surface area contributed by atoms with Crippen molar-refractivity contribution in [2.24, 2.45) is 0 Å². The average molecular weight is 249 g/mol. The van der Waals surface area contributed by atoms with Crippen LogP contribution in [0.4, 0.5) is 4.39 Å². The molecule has 5 heteroatoms. The van der Waals surface area contributed by atoms with E-state index in [4.69, 9.17) is 4.74 Å². The van der Waals surface area contributed by atoms with Crippen molar-refractivity contribution in [1.29, 1.82) is 0 Å². The number of hydrogen-bond donors (Lipinski definition) is 1. The van der Waals surface area contributed by atoms with Gasteiger partial charge in [-0.1, -0.05) is 6.07 Å². The molecule has 0 unspecified atom stereocenters. The molecule has 0 spiro atoms. The van der Waals surface area contributed by atoms with Crippen LogP contribution in [-0.2, 0) is 4.74 Å². The molecule has 0 radical (unpaired) electrons. The van der Waals surface area contributed by atoms with Crippen LogP contribution in [0.1, 0.15) is 22.8 Å². The Bertz CT molecular complexity index is 676. The molecule has 0 bridgehead atoms. The van der Waals surface area contributed by atoms with Crippen LogP contribution in [0.15, 0.2) is 23.0 Å². The number of esters is 1. The highest BCUT2D eigenvalue weighted by atomic mass is 19.1. The number of aromatic nitrogens is 1. The summed E-state index contributed by atoms with van der Waals surface area (Å²) in [4.78, 5) is 26.0. The van der Waals surface area contributed by atoms with Crippen molar-refractivity contribution in [1.82, 2.24) is 4.98 Å². The van der Waals surface area contributed by atoms with Crippen LogP contribution in [0.2, 0.25) is 0 Å². The maximum Gasteiger partial charge on any atom is 0.344 e. The van der Waals surface area contributed by atoms with Crippen LogP contribution in [-0.4, -0.2) is 17.6 Å². The highest BCUT2D eigenvalue weighted by molar-refractivity contribution is 5.96. The quantitative estimate of drug-likeness (QED) is 0.829. The maximum atomic E-state index is 13.7. The molecule has 0 saturated carbocycles. The van der Waals surface area contributed by atoms with E-state index < -0.39 is 17.3 Å². The summed E-state index contributed by atoms with van der Waals surface area (Å²) in [6.45, 7) is 3.34. The van der Waals surface area contributed by atoms with E-state index in [0.29, 0.717) is 11.1 Å². The Hall–Kier alpha value is -2.17. The number of aromatic amines is 1. The fourth-order valence-electron chi connectivity index (χ4n) is 1.94. The molecule has 2 aromatic rings. The molecule has 0 aliphatic carbocycles. The number of benzene rings is 1. The number of halogens is 1. The predicted octanol–water partition coefficient (Wildman–Crippen LogP) is 2.15. The largest absolute Gasteiger partial charge is 0.462 e. The summed E-state index contributed by atoms with van der Waals surface area (Å²) >= 11 is 0. The molecule has 0 amide bonds. The van der Waals surface area contributed by atoms with Crippen LogP contribution in [0, 0.1) is 12.7 Å². The van der Waals surface area contributed by atoms with E-state index in [9.17, 15) is 14.0 Å². The molecular formula is C13H12FNO3. The molecule has 1 aromatic carbocycles. The molecule has 4 nitrogen and oxygen atoms in total. The zero-order chi connectivity index (χ0) is 13.3. The van der Waals surface area contributed by atoms with Gasteiger partial charge < -0.3 is 9.72 Å². The van der Waals surface area contributed by atoms with E-state index in [1.807, 2.05) is 0 Å². The SMILES string of the molecule is CCOC(=O)c1c(C)c2c(F)cccc2[nH]c1=O. The van der Waals surface area contributed by atoms with Gasteiger partial charge >= 0.3 is 5.97 Å². The average Bonchev–Trinajstić information content (AvgIpc) is 2.28. The summed E-state index contributed by atoms with van der Waals surface area (Å²) < 4.78 is 18.5. The molecule has 1 heterocycles. The maximum absolute atomic E-state index is 13.7. The lowest BCUT2D eigenvalue weighted by atomic mass is 10.0. The van der Waals surface area contributed by atoms with Gasteiger partial charge in [-0.2, -0.15) is 0 Å². The van der Waals surface area contributed by atoms with Crippen LogP contribution in [0.5, 0.6) is 0 Å². The van der Waals surface area contributed by atoms with Crippen molar-refractivity contribution in [3.8, 4) is 0 Å². The number of carbonyl (C=O) groups is 1. The fraction of sp³-hybridized carbons (Fsp3) is 0.231. The number of carbonyl (C=O) groups excluding carboxylic acids is 1. The molecular weight excluding hydrogens is 237 g/mol. The Kier molecular flexibility index (Phi) is 3.14. The number of nitrogens with one attached hydrogen (secondary N) is 1. The van der Waals surface area contributed by atoms with Gasteiger partial charge in [0.2, 0.25) is 0 Å². The third-order valence-electron chi connectivity index (χ3n) is 2.72. The predicted molar refractivity (Wildman–Crippen MR) is 65.2 cm³/mol. The molecule has 0 aliphatic rings. The standard InChI is InChI=1S/C13H12FNO3/c1-3-18-13(17)11-7(2)10-8(14)5-4-6-9(10)15-12(11)16/h4-6H,3H2,1-2H3,(H,15,16). The van der Waals surface area contributed by atoms with E-state index in [2.05, 4.69) is 4.98 Å². The van der Waals surface area contributed by atoms with Gasteiger partial charge in [-0.15, -0.1) is 0 Å². The zero-order valence-electron chi connectivity index (χ0n) is 10.0. The van der Waals surface area contributed by atoms with E-state index in [-0.39, 0.29) is 17.6 Å². The Morgan fingerprint density at radius 3 is 2.83 bits per heavy atom. The highest BCUT2D eigenvalue weighted by Crippen LogP contribution is 2.20. The Balaban J connectivity index is 2.80. The van der Waals surface area contributed by atoms with E-state index in [1.54, 1.807) is 13.0 Å². The molecule has 18 heavy (non-hydrogen) atoms. The monoisotopic (exact) mass is 249 g/mol. The first-order valence-electron chi connectivity index (χ1n) is 5.54. The van der Waals surface area contributed by atoms with Gasteiger partial charge in [-0.05, 0) is 31.5 Å². The molecule has 0 aliphatic heterocycles. The lowest BCUT2D eigenvalue weighted by molar-refractivity contribution is 0.0523. The van der Waals surface area contributed by atoms with Crippen molar-refractivity contribution >= 4 is 16.9 Å². The van der Waals surface area contributed by atoms with Crippen molar-refractivity contribution < 1.29 is 13.9 Å². The Labute approximate surface area is 102 Å². The first kappa shape index (κ1) is 12.3. The molecule has 0 atom stereocenters. The lowest BCUT2D eigenvalue weighted by Crippen LogP contribution is -2.22. The first-order chi connectivity index (χ1) is 8.56. The minimum absolute atomic E-state index is 0.144. The normalized spacial score (nSPS) is 10.6. The van der Waals surface area contributed by atoms with Gasteiger partial charge in [0, 0.05) is 5.39 Å². The minimum Gasteiger partial charge on any atom is -0.462 e. The summed E-state index contributed by atoms with van der Waals surface area (Å²) in [6.07, 6.45) is 0. The summed E-state index contributed by atoms with van der Waals surface area (Å²) in [5.41, 5.74) is -0.0469. The highest BCUT2D eigenvalue weighted by Gasteiger charge is 2.19. The summed E-state index contributed by atoms with van der Waals surface area (Å²) in [7, 11) is 0. The third kappa shape index (κ3) is 1.88. The van der Waals surface area contributed by atoms with Crippen molar-refractivity contribution in [3.63, 3.8) is 0 Å². The van der Waals surface area contributed by atoms with Crippen LogP contribution in [0.25, 0.3) is 10.9 Å². The summed E-state index contributed by atoms with van der Waals surface area (Å²) in [5.74, 6) is -1.21. The van der Waals surface area contributed by atoms with Gasteiger partial charge in [0.15, 0.2) is 0 Å². The number of fused-ring (bicyclic) bond motifs is 1. The van der Waals surface area contributed by atoms with Gasteiger partial charge in [-0.3, -0.25) is 4.79 Å². The zero-order valence-corrected chi connectivity index (χ0v) is 10.0. The minimum atomic E-state index is -0.735. The topological polar surface area (TPSA) is 59.2 Å². The molecule has 0 saturated heterocycles. The molecule has 0 fully saturated rings. The van der Waals surface area contributed by atoms with Gasteiger partial charge in [0.1, 0.15) is 11.4 Å². The second-order valence-corrected chi connectivity index (χ2v) is 3.84. The number of pyridine rings is 1. The molecule has 1 N–H and O–H groups in total. The summed E-state index contributed by atoms with van der Waals surface area (Å²) in [5, 5.41) is 0.236. The number of hydrogen-bond acceptors (Lipinski definition) is 3. The number of H-pyrrole nitrogens is 1. The van der Waals surface area contributed by atoms with E-state index in [1.165, 1.54) is 19.1 Å². The van der Waals surface area contributed by atoms with Crippen LogP contribution >= 0.6 is 0 Å². The van der Waals surface area contributed by atoms with Crippen molar-refractivity contribution in [3.05, 3.63) is 45.5 Å². The van der Waals surface area contributed by atoms with Gasteiger partial charge in [-0.25, -0.2) is 9.18 Å². The van der Waals surface area contributed by atoms with E-state index in [0.717, 1.165) is 0 Å². The molecule has 94 valence electrons. The van der Waals surface area contributed by atoms with Gasteiger partial charge in [0.25, 0.3) is 5.56 Å². The van der Waals surface area contributed by atoms with Crippen molar-refractivity contribution in [2.45, 2.75) is 13.8 Å². The van der Waals surface area contributed by atoms with Crippen LogP contribution < -0.4 is 5.56 Å².